The van der Waals surface area contributed by atoms with E-state index in [1.165, 1.54) is 10.9 Å². The van der Waals surface area contributed by atoms with Gasteiger partial charge in [-0.3, -0.25) is 4.79 Å². The smallest absolute Gasteiger partial charge is 0.358 e. The van der Waals surface area contributed by atoms with E-state index >= 15 is 0 Å². The predicted octanol–water partition coefficient (Wildman–Crippen LogP) is -1.00. The van der Waals surface area contributed by atoms with Crippen LogP contribution in [0.4, 0.5) is 0 Å². The van der Waals surface area contributed by atoms with Gasteiger partial charge < -0.3 is 16.2 Å². The number of carbonyl (C=O) groups excluding carboxylic acids is 1. The minimum atomic E-state index is -1.12. The topological polar surface area (TPSA) is 123 Å². The number of aromatic carboxylic acids is 1. The Morgan fingerprint density at radius 3 is 2.89 bits per heavy atom. The van der Waals surface area contributed by atoms with Crippen molar-refractivity contribution >= 4 is 11.9 Å². The summed E-state index contributed by atoms with van der Waals surface area (Å²) in [6, 6.07) is -0.0517. The summed E-state index contributed by atoms with van der Waals surface area (Å²) >= 11 is 0. The van der Waals surface area contributed by atoms with Gasteiger partial charge in [0.1, 0.15) is 0 Å². The number of hydrogen-bond acceptors (Lipinski definition) is 5. The third kappa shape index (κ3) is 3.38. The molecule has 2 rings (SSSR count). The summed E-state index contributed by atoms with van der Waals surface area (Å²) in [5, 5.41) is 18.5. The maximum absolute atomic E-state index is 11.7. The van der Waals surface area contributed by atoms with E-state index in [-0.39, 0.29) is 23.6 Å². The van der Waals surface area contributed by atoms with E-state index in [1.807, 2.05) is 6.08 Å². The lowest BCUT2D eigenvalue weighted by Gasteiger charge is -2.10. The van der Waals surface area contributed by atoms with E-state index < -0.39 is 5.97 Å². The van der Waals surface area contributed by atoms with Crippen molar-refractivity contribution in [1.82, 2.24) is 20.3 Å². The monoisotopic (exact) mass is 265 g/mol. The number of hydrogen-bond donors (Lipinski definition) is 3. The van der Waals surface area contributed by atoms with Gasteiger partial charge in [0.2, 0.25) is 5.91 Å². The fourth-order valence-electron chi connectivity index (χ4n) is 1.85. The molecule has 0 radical (unpaired) electrons. The number of nitrogens with zero attached hydrogens (tertiary/aromatic N) is 3. The first-order chi connectivity index (χ1) is 9.06. The van der Waals surface area contributed by atoms with Gasteiger partial charge in [-0.15, -0.1) is 5.10 Å². The highest BCUT2D eigenvalue weighted by molar-refractivity contribution is 5.84. The van der Waals surface area contributed by atoms with Crippen LogP contribution in [0.25, 0.3) is 0 Å². The molecule has 1 heterocycles. The summed E-state index contributed by atoms with van der Waals surface area (Å²) in [7, 11) is 0. The maximum Gasteiger partial charge on any atom is 0.358 e. The van der Waals surface area contributed by atoms with Crippen molar-refractivity contribution in [3.05, 3.63) is 24.0 Å². The molecular formula is C11H15N5O3. The van der Waals surface area contributed by atoms with Gasteiger partial charge >= 0.3 is 5.97 Å². The molecule has 2 unspecified atom stereocenters. The second-order valence-electron chi connectivity index (χ2n) is 4.35. The van der Waals surface area contributed by atoms with Gasteiger partial charge in [-0.2, -0.15) is 0 Å². The van der Waals surface area contributed by atoms with Crippen molar-refractivity contribution in [2.45, 2.75) is 19.0 Å². The van der Waals surface area contributed by atoms with Crippen molar-refractivity contribution in [2.75, 3.05) is 6.54 Å². The van der Waals surface area contributed by atoms with Gasteiger partial charge in [0, 0.05) is 12.6 Å². The summed E-state index contributed by atoms with van der Waals surface area (Å²) in [5.74, 6) is -1.39. The zero-order valence-corrected chi connectivity index (χ0v) is 10.2. The van der Waals surface area contributed by atoms with E-state index in [0.717, 1.165) is 0 Å². The third-order valence-corrected chi connectivity index (χ3v) is 2.85. The Balaban J connectivity index is 1.75. The zero-order valence-electron chi connectivity index (χ0n) is 10.2. The molecule has 4 N–H and O–H groups in total. The molecule has 0 spiro atoms. The van der Waals surface area contributed by atoms with Crippen LogP contribution in [0.5, 0.6) is 0 Å². The zero-order chi connectivity index (χ0) is 13.8. The molecular weight excluding hydrogens is 250 g/mol. The molecule has 0 bridgehead atoms. The Morgan fingerprint density at radius 2 is 2.32 bits per heavy atom. The SMILES string of the molecule is NC1C=CC(C(=O)NCCn2cc(C(=O)O)nn2)C1. The van der Waals surface area contributed by atoms with Gasteiger partial charge in [0.25, 0.3) is 0 Å². The molecule has 0 aromatic carbocycles. The van der Waals surface area contributed by atoms with Crippen LogP contribution >= 0.6 is 0 Å². The highest BCUT2D eigenvalue weighted by Gasteiger charge is 2.22. The van der Waals surface area contributed by atoms with Crippen molar-refractivity contribution in [3.8, 4) is 0 Å². The maximum atomic E-state index is 11.7. The van der Waals surface area contributed by atoms with Crippen LogP contribution in [0.2, 0.25) is 0 Å². The molecule has 19 heavy (non-hydrogen) atoms. The fraction of sp³-hybridized carbons (Fsp3) is 0.455. The Labute approximate surface area is 109 Å². The lowest BCUT2D eigenvalue weighted by molar-refractivity contribution is -0.123. The summed E-state index contributed by atoms with van der Waals surface area (Å²) in [6.07, 6.45) is 5.57. The van der Waals surface area contributed by atoms with Crippen LogP contribution in [-0.4, -0.2) is 44.6 Å². The highest BCUT2D eigenvalue weighted by atomic mass is 16.4. The Kier molecular flexibility index (Phi) is 3.91. The molecule has 8 nitrogen and oxygen atoms in total. The number of carboxylic acid groups (broad SMARTS) is 1. The van der Waals surface area contributed by atoms with Crippen LogP contribution < -0.4 is 11.1 Å². The van der Waals surface area contributed by atoms with E-state index in [2.05, 4.69) is 15.6 Å². The minimum absolute atomic E-state index is 0.0517. The Morgan fingerprint density at radius 1 is 1.53 bits per heavy atom. The van der Waals surface area contributed by atoms with Gasteiger partial charge in [0.15, 0.2) is 5.69 Å². The summed E-state index contributed by atoms with van der Waals surface area (Å²) in [5.41, 5.74) is 5.55. The third-order valence-electron chi connectivity index (χ3n) is 2.85. The van der Waals surface area contributed by atoms with Crippen LogP contribution in [0.15, 0.2) is 18.3 Å². The molecule has 0 saturated heterocycles. The molecule has 1 aromatic heterocycles. The minimum Gasteiger partial charge on any atom is -0.476 e. The average Bonchev–Trinajstić information content (AvgIpc) is 2.98. The lowest BCUT2D eigenvalue weighted by Crippen LogP contribution is -2.33. The first-order valence-corrected chi connectivity index (χ1v) is 5.91. The fourth-order valence-corrected chi connectivity index (χ4v) is 1.85. The lowest BCUT2D eigenvalue weighted by atomic mass is 10.1. The van der Waals surface area contributed by atoms with Crippen LogP contribution in [-0.2, 0) is 11.3 Å². The molecule has 1 aliphatic rings. The molecule has 8 heteroatoms. The van der Waals surface area contributed by atoms with E-state index in [9.17, 15) is 9.59 Å². The van der Waals surface area contributed by atoms with Crippen LogP contribution in [0.3, 0.4) is 0 Å². The quantitative estimate of drug-likeness (QED) is 0.586. The molecule has 1 aliphatic carbocycles. The first kappa shape index (κ1) is 13.2. The van der Waals surface area contributed by atoms with Gasteiger partial charge in [0.05, 0.1) is 18.7 Å². The highest BCUT2D eigenvalue weighted by Crippen LogP contribution is 2.15. The van der Waals surface area contributed by atoms with Crippen LogP contribution in [0, 0.1) is 5.92 Å². The molecule has 1 amide bonds. The van der Waals surface area contributed by atoms with Crippen LogP contribution in [0.1, 0.15) is 16.9 Å². The average molecular weight is 265 g/mol. The van der Waals surface area contributed by atoms with Crippen molar-refractivity contribution in [3.63, 3.8) is 0 Å². The van der Waals surface area contributed by atoms with E-state index in [0.29, 0.717) is 19.5 Å². The van der Waals surface area contributed by atoms with Crippen molar-refractivity contribution in [2.24, 2.45) is 11.7 Å². The van der Waals surface area contributed by atoms with E-state index in [4.69, 9.17) is 10.8 Å². The van der Waals surface area contributed by atoms with E-state index in [1.54, 1.807) is 6.08 Å². The summed E-state index contributed by atoms with van der Waals surface area (Å²) in [6.45, 7) is 0.731. The largest absolute Gasteiger partial charge is 0.476 e. The number of carbonyl (C=O) groups is 2. The van der Waals surface area contributed by atoms with Gasteiger partial charge in [-0.05, 0) is 6.42 Å². The number of aromatic nitrogens is 3. The molecule has 0 aliphatic heterocycles. The molecule has 0 saturated carbocycles. The first-order valence-electron chi connectivity index (χ1n) is 5.91. The van der Waals surface area contributed by atoms with Crippen molar-refractivity contribution < 1.29 is 14.7 Å². The molecule has 2 atom stereocenters. The summed E-state index contributed by atoms with van der Waals surface area (Å²) < 4.78 is 1.37. The van der Waals surface area contributed by atoms with Gasteiger partial charge in [-0.1, -0.05) is 17.4 Å². The second-order valence-corrected chi connectivity index (χ2v) is 4.35. The number of carboxylic acids is 1. The number of amides is 1. The normalized spacial score (nSPS) is 21.5. The molecule has 0 fully saturated rings. The van der Waals surface area contributed by atoms with Crippen molar-refractivity contribution in [1.29, 1.82) is 0 Å². The summed E-state index contributed by atoms with van der Waals surface area (Å²) in [4.78, 5) is 22.3. The number of nitrogens with one attached hydrogen (secondary N) is 1. The Hall–Kier alpha value is -2.22. The van der Waals surface area contributed by atoms with Gasteiger partial charge in [-0.25, -0.2) is 9.48 Å². The number of rotatable bonds is 5. The predicted molar refractivity (Wildman–Crippen MR) is 65.2 cm³/mol. The molecule has 102 valence electrons. The molecule has 1 aromatic rings. The second kappa shape index (κ2) is 5.61. The number of nitrogens with two attached hydrogens (primary N) is 1. The standard InChI is InChI=1S/C11H15N5O3/c12-8-2-1-7(5-8)10(17)13-3-4-16-6-9(11(18)19)14-15-16/h1-2,6-8H,3-5,12H2,(H,13,17)(H,18,19). The Bertz CT molecular complexity index is 510.